The highest BCUT2D eigenvalue weighted by molar-refractivity contribution is 5.21. The Balaban J connectivity index is 1.74. The molecule has 0 spiro atoms. The minimum Gasteiger partial charge on any atom is -0.316 e. The van der Waals surface area contributed by atoms with Crippen LogP contribution in [0.4, 0.5) is 0 Å². The van der Waals surface area contributed by atoms with Gasteiger partial charge < -0.3 is 10.2 Å². The molecule has 1 aromatic carbocycles. The summed E-state index contributed by atoms with van der Waals surface area (Å²) in [6.45, 7) is 6.88. The first-order chi connectivity index (χ1) is 8.24. The van der Waals surface area contributed by atoms with E-state index in [1.54, 1.807) is 0 Å². The summed E-state index contributed by atoms with van der Waals surface area (Å²) in [5.74, 6) is 0.898. The molecule has 0 radical (unpaired) electrons. The first-order valence-corrected chi connectivity index (χ1v) is 6.69. The molecule has 1 atom stereocenters. The fourth-order valence-corrected chi connectivity index (χ4v) is 2.57. The van der Waals surface area contributed by atoms with E-state index < -0.39 is 0 Å². The zero-order valence-corrected chi connectivity index (χ0v) is 11.1. The predicted molar refractivity (Wildman–Crippen MR) is 73.1 cm³/mol. The molecule has 2 nitrogen and oxygen atoms in total. The van der Waals surface area contributed by atoms with Crippen LogP contribution in [-0.2, 0) is 6.54 Å². The molecule has 0 aliphatic carbocycles. The molecule has 1 aliphatic heterocycles. The quantitative estimate of drug-likeness (QED) is 0.839. The highest BCUT2D eigenvalue weighted by Gasteiger charge is 2.14. The third-order valence-corrected chi connectivity index (χ3v) is 3.62. The summed E-state index contributed by atoms with van der Waals surface area (Å²) in [4.78, 5) is 2.44. The van der Waals surface area contributed by atoms with Crippen molar-refractivity contribution in [2.24, 2.45) is 5.92 Å². The van der Waals surface area contributed by atoms with Crippen LogP contribution in [0.3, 0.4) is 0 Å². The topological polar surface area (TPSA) is 15.3 Å². The maximum Gasteiger partial charge on any atom is 0.0230 e. The van der Waals surface area contributed by atoms with Crippen LogP contribution >= 0.6 is 0 Å². The highest BCUT2D eigenvalue weighted by atomic mass is 15.1. The maximum absolute atomic E-state index is 3.43. The van der Waals surface area contributed by atoms with Crippen LogP contribution in [-0.4, -0.2) is 31.6 Å². The Morgan fingerprint density at radius 2 is 2.29 bits per heavy atom. The molecule has 1 fully saturated rings. The van der Waals surface area contributed by atoms with Gasteiger partial charge in [0.25, 0.3) is 0 Å². The SMILES string of the molecule is Cc1cccc(CN(C)CCC2CCNC2)c1. The largest absolute Gasteiger partial charge is 0.316 e. The molecule has 94 valence electrons. The van der Waals surface area contributed by atoms with Gasteiger partial charge in [0.1, 0.15) is 0 Å². The van der Waals surface area contributed by atoms with Gasteiger partial charge in [0.2, 0.25) is 0 Å². The molecular formula is C15H24N2. The standard InChI is InChI=1S/C15H24N2/c1-13-4-3-5-15(10-13)12-17(2)9-7-14-6-8-16-11-14/h3-5,10,14,16H,6-9,11-12H2,1-2H3. The molecule has 1 heterocycles. The van der Waals surface area contributed by atoms with Crippen LogP contribution in [0.15, 0.2) is 24.3 Å². The van der Waals surface area contributed by atoms with E-state index in [1.807, 2.05) is 0 Å². The van der Waals surface area contributed by atoms with Gasteiger partial charge in [-0.15, -0.1) is 0 Å². The molecule has 2 heteroatoms. The molecular weight excluding hydrogens is 208 g/mol. The third-order valence-electron chi connectivity index (χ3n) is 3.62. The molecule has 1 unspecified atom stereocenters. The van der Waals surface area contributed by atoms with Crippen LogP contribution in [0, 0.1) is 12.8 Å². The Hall–Kier alpha value is -0.860. The number of nitrogens with zero attached hydrogens (tertiary/aromatic N) is 1. The van der Waals surface area contributed by atoms with Crippen LogP contribution in [0.25, 0.3) is 0 Å². The summed E-state index contributed by atoms with van der Waals surface area (Å²) in [6.07, 6.45) is 2.69. The fraction of sp³-hybridized carbons (Fsp3) is 0.600. The van der Waals surface area contributed by atoms with E-state index in [2.05, 4.69) is 48.5 Å². The van der Waals surface area contributed by atoms with E-state index >= 15 is 0 Å². The highest BCUT2D eigenvalue weighted by Crippen LogP contribution is 2.13. The lowest BCUT2D eigenvalue weighted by molar-refractivity contribution is 0.298. The van der Waals surface area contributed by atoms with Crippen molar-refractivity contribution in [2.75, 3.05) is 26.7 Å². The average molecular weight is 232 g/mol. The summed E-state index contributed by atoms with van der Waals surface area (Å²) in [7, 11) is 2.23. The van der Waals surface area contributed by atoms with E-state index in [0.29, 0.717) is 0 Å². The lowest BCUT2D eigenvalue weighted by Gasteiger charge is -2.19. The van der Waals surface area contributed by atoms with Crippen molar-refractivity contribution in [3.63, 3.8) is 0 Å². The van der Waals surface area contributed by atoms with Crippen LogP contribution in [0.1, 0.15) is 24.0 Å². The summed E-state index contributed by atoms with van der Waals surface area (Å²) < 4.78 is 0. The number of hydrogen-bond acceptors (Lipinski definition) is 2. The van der Waals surface area contributed by atoms with Crippen LogP contribution in [0.2, 0.25) is 0 Å². The van der Waals surface area contributed by atoms with Crippen molar-refractivity contribution in [2.45, 2.75) is 26.3 Å². The molecule has 0 amide bonds. The lowest BCUT2D eigenvalue weighted by atomic mass is 10.0. The smallest absolute Gasteiger partial charge is 0.0230 e. The van der Waals surface area contributed by atoms with E-state index in [1.165, 1.54) is 43.6 Å². The first-order valence-electron chi connectivity index (χ1n) is 6.69. The Morgan fingerprint density at radius 1 is 1.41 bits per heavy atom. The maximum atomic E-state index is 3.43. The summed E-state index contributed by atoms with van der Waals surface area (Å²) in [6, 6.07) is 8.82. The Labute approximate surface area is 105 Å². The van der Waals surface area contributed by atoms with Crippen molar-refractivity contribution >= 4 is 0 Å². The van der Waals surface area contributed by atoms with Gasteiger partial charge in [0.15, 0.2) is 0 Å². The van der Waals surface area contributed by atoms with Crippen molar-refractivity contribution in [3.8, 4) is 0 Å². The normalized spacial score (nSPS) is 20.1. The zero-order chi connectivity index (χ0) is 12.1. The fourth-order valence-electron chi connectivity index (χ4n) is 2.57. The van der Waals surface area contributed by atoms with Crippen molar-refractivity contribution < 1.29 is 0 Å². The Morgan fingerprint density at radius 3 is 3.00 bits per heavy atom. The summed E-state index contributed by atoms with van der Waals surface area (Å²) in [5, 5.41) is 3.43. The van der Waals surface area contributed by atoms with Crippen molar-refractivity contribution in [1.82, 2.24) is 10.2 Å². The minimum atomic E-state index is 0.898. The molecule has 1 saturated heterocycles. The second-order valence-electron chi connectivity index (χ2n) is 5.37. The van der Waals surface area contributed by atoms with Gasteiger partial charge in [-0.3, -0.25) is 0 Å². The van der Waals surface area contributed by atoms with E-state index in [9.17, 15) is 0 Å². The lowest BCUT2D eigenvalue weighted by Crippen LogP contribution is -2.22. The summed E-state index contributed by atoms with van der Waals surface area (Å²) >= 11 is 0. The van der Waals surface area contributed by atoms with Gasteiger partial charge in [0, 0.05) is 6.54 Å². The molecule has 0 saturated carbocycles. The molecule has 1 aliphatic rings. The monoisotopic (exact) mass is 232 g/mol. The number of aryl methyl sites for hydroxylation is 1. The Bertz CT molecular complexity index is 343. The third kappa shape index (κ3) is 4.14. The minimum absolute atomic E-state index is 0.898. The number of benzene rings is 1. The summed E-state index contributed by atoms with van der Waals surface area (Å²) in [5.41, 5.74) is 2.79. The van der Waals surface area contributed by atoms with Crippen molar-refractivity contribution in [1.29, 1.82) is 0 Å². The van der Waals surface area contributed by atoms with E-state index in [0.717, 1.165) is 12.5 Å². The zero-order valence-electron chi connectivity index (χ0n) is 11.1. The van der Waals surface area contributed by atoms with Gasteiger partial charge in [-0.2, -0.15) is 0 Å². The number of hydrogen-bond donors (Lipinski definition) is 1. The average Bonchev–Trinajstić information content (AvgIpc) is 2.79. The van der Waals surface area contributed by atoms with Gasteiger partial charge in [-0.05, 0) is 57.9 Å². The first kappa shape index (κ1) is 12.6. The van der Waals surface area contributed by atoms with E-state index in [4.69, 9.17) is 0 Å². The molecule has 2 rings (SSSR count). The molecule has 1 aromatic rings. The second kappa shape index (κ2) is 6.18. The Kier molecular flexibility index (Phi) is 4.57. The van der Waals surface area contributed by atoms with Crippen LogP contribution < -0.4 is 5.32 Å². The van der Waals surface area contributed by atoms with Crippen molar-refractivity contribution in [3.05, 3.63) is 35.4 Å². The molecule has 0 bridgehead atoms. The van der Waals surface area contributed by atoms with Gasteiger partial charge >= 0.3 is 0 Å². The molecule has 0 aromatic heterocycles. The van der Waals surface area contributed by atoms with Gasteiger partial charge in [-0.1, -0.05) is 29.8 Å². The van der Waals surface area contributed by atoms with Gasteiger partial charge in [0.05, 0.1) is 0 Å². The molecule has 17 heavy (non-hydrogen) atoms. The van der Waals surface area contributed by atoms with E-state index in [-0.39, 0.29) is 0 Å². The van der Waals surface area contributed by atoms with Gasteiger partial charge in [-0.25, -0.2) is 0 Å². The van der Waals surface area contributed by atoms with Crippen LogP contribution in [0.5, 0.6) is 0 Å². The second-order valence-corrected chi connectivity index (χ2v) is 5.37. The number of nitrogens with one attached hydrogen (secondary N) is 1. The number of rotatable bonds is 5. The molecule has 1 N–H and O–H groups in total. The predicted octanol–water partition coefficient (Wildman–Crippen LogP) is 2.43.